The fourth-order valence-electron chi connectivity index (χ4n) is 1.50. The van der Waals surface area contributed by atoms with E-state index >= 15 is 0 Å². The van der Waals surface area contributed by atoms with Gasteiger partial charge in [-0.05, 0) is 18.2 Å². The Morgan fingerprint density at radius 2 is 2.12 bits per heavy atom. The second-order valence-corrected chi connectivity index (χ2v) is 3.86. The Hall–Kier alpha value is -0.970. The monoisotopic (exact) mass is 244 g/mol. The molecule has 1 heterocycles. The molecule has 0 radical (unpaired) electrons. The molecule has 5 heteroatoms. The number of ketones is 1. The molecular weight excluding hydrogens is 235 g/mol. The summed E-state index contributed by atoms with van der Waals surface area (Å²) in [5.41, 5.74) is 0.0171. The molecule has 1 aromatic carbocycles. The van der Waals surface area contributed by atoms with Crippen molar-refractivity contribution in [1.82, 2.24) is 0 Å². The van der Waals surface area contributed by atoms with E-state index in [1.165, 1.54) is 12.1 Å². The Kier molecular flexibility index (Phi) is 3.53. The highest BCUT2D eigenvalue weighted by molar-refractivity contribution is 6.30. The number of Topliss-reactive ketones (excluding diaryl/α,β-unsaturated/α-hetero) is 1. The van der Waals surface area contributed by atoms with Crippen molar-refractivity contribution in [3.05, 3.63) is 34.6 Å². The van der Waals surface area contributed by atoms with E-state index in [0.29, 0.717) is 13.2 Å². The third-order valence-corrected chi connectivity index (χ3v) is 2.51. The van der Waals surface area contributed by atoms with Crippen molar-refractivity contribution in [1.29, 1.82) is 0 Å². The molecular formula is C11H10ClFO3. The van der Waals surface area contributed by atoms with Crippen LogP contribution < -0.4 is 0 Å². The Morgan fingerprint density at radius 1 is 1.44 bits per heavy atom. The third-order valence-electron chi connectivity index (χ3n) is 2.27. The van der Waals surface area contributed by atoms with Crippen molar-refractivity contribution in [3.8, 4) is 0 Å². The highest BCUT2D eigenvalue weighted by Gasteiger charge is 2.22. The van der Waals surface area contributed by atoms with Crippen LogP contribution in [0.25, 0.3) is 0 Å². The quantitative estimate of drug-likeness (QED) is 0.766. The molecule has 1 fully saturated rings. The van der Waals surface area contributed by atoms with Crippen molar-refractivity contribution in [2.45, 2.75) is 12.7 Å². The zero-order valence-corrected chi connectivity index (χ0v) is 9.17. The summed E-state index contributed by atoms with van der Waals surface area (Å²) in [4.78, 5) is 11.7. The summed E-state index contributed by atoms with van der Waals surface area (Å²) in [6, 6.07) is 3.97. The molecule has 1 saturated heterocycles. The van der Waals surface area contributed by atoms with Crippen molar-refractivity contribution in [3.63, 3.8) is 0 Å². The molecule has 0 atom stereocenters. The minimum Gasteiger partial charge on any atom is -0.350 e. The topological polar surface area (TPSA) is 35.5 Å². The van der Waals surface area contributed by atoms with E-state index in [0.717, 1.165) is 6.07 Å². The summed E-state index contributed by atoms with van der Waals surface area (Å²) in [5, 5.41) is 0.266. The van der Waals surface area contributed by atoms with Gasteiger partial charge in [-0.1, -0.05) is 11.6 Å². The van der Waals surface area contributed by atoms with Gasteiger partial charge in [0, 0.05) is 5.02 Å². The number of halogens is 2. The summed E-state index contributed by atoms with van der Waals surface area (Å²) in [6.07, 6.45) is -0.527. The Balaban J connectivity index is 2.08. The highest BCUT2D eigenvalue weighted by Crippen LogP contribution is 2.18. The van der Waals surface area contributed by atoms with Gasteiger partial charge in [0.05, 0.1) is 25.2 Å². The molecule has 0 spiro atoms. The first-order valence-electron chi connectivity index (χ1n) is 4.88. The van der Waals surface area contributed by atoms with Gasteiger partial charge in [0.15, 0.2) is 12.1 Å². The first-order chi connectivity index (χ1) is 7.66. The van der Waals surface area contributed by atoms with Crippen molar-refractivity contribution in [2.24, 2.45) is 0 Å². The van der Waals surface area contributed by atoms with Crippen LogP contribution in [0.3, 0.4) is 0 Å². The normalized spacial score (nSPS) is 16.6. The largest absolute Gasteiger partial charge is 0.350 e. The zero-order chi connectivity index (χ0) is 11.5. The van der Waals surface area contributed by atoms with Crippen LogP contribution in [0.2, 0.25) is 5.02 Å². The molecule has 3 nitrogen and oxygen atoms in total. The second kappa shape index (κ2) is 4.91. The van der Waals surface area contributed by atoms with Crippen molar-refractivity contribution < 1.29 is 18.7 Å². The Labute approximate surface area is 97.1 Å². The standard InChI is InChI=1S/C11H10ClFO3/c12-7-1-2-8(9(13)5-7)10(14)6-11-15-3-4-16-11/h1-2,5,11H,3-4,6H2. The number of hydrogen-bond donors (Lipinski definition) is 0. The molecule has 0 unspecified atom stereocenters. The summed E-state index contributed by atoms with van der Waals surface area (Å²) in [5.74, 6) is -0.962. The van der Waals surface area contributed by atoms with Gasteiger partial charge in [-0.25, -0.2) is 4.39 Å². The van der Waals surface area contributed by atoms with E-state index in [4.69, 9.17) is 21.1 Å². The predicted molar refractivity (Wildman–Crippen MR) is 56.0 cm³/mol. The van der Waals surface area contributed by atoms with Gasteiger partial charge in [0.2, 0.25) is 0 Å². The fourth-order valence-corrected chi connectivity index (χ4v) is 1.66. The lowest BCUT2D eigenvalue weighted by molar-refractivity contribution is -0.0408. The maximum Gasteiger partial charge on any atom is 0.170 e. The van der Waals surface area contributed by atoms with Crippen LogP contribution in [0.1, 0.15) is 16.8 Å². The van der Waals surface area contributed by atoms with Crippen LogP contribution in [0.15, 0.2) is 18.2 Å². The zero-order valence-electron chi connectivity index (χ0n) is 8.41. The number of rotatable bonds is 3. The number of ether oxygens (including phenoxy) is 2. The highest BCUT2D eigenvalue weighted by atomic mass is 35.5. The number of hydrogen-bond acceptors (Lipinski definition) is 3. The number of carbonyl (C=O) groups is 1. The van der Waals surface area contributed by atoms with Gasteiger partial charge in [-0.3, -0.25) is 4.79 Å². The summed E-state index contributed by atoms with van der Waals surface area (Å²) < 4.78 is 23.6. The van der Waals surface area contributed by atoms with E-state index in [2.05, 4.69) is 0 Å². The van der Waals surface area contributed by atoms with E-state index in [1.54, 1.807) is 0 Å². The maximum absolute atomic E-state index is 13.4. The van der Waals surface area contributed by atoms with Crippen molar-refractivity contribution >= 4 is 17.4 Å². The van der Waals surface area contributed by atoms with Crippen LogP contribution in [0.5, 0.6) is 0 Å². The van der Waals surface area contributed by atoms with Crippen LogP contribution in [-0.2, 0) is 9.47 Å². The first kappa shape index (κ1) is 11.5. The summed E-state index contributed by atoms with van der Waals surface area (Å²) in [7, 11) is 0. The molecule has 86 valence electrons. The average molecular weight is 245 g/mol. The molecule has 1 aliphatic rings. The third kappa shape index (κ3) is 2.58. The molecule has 0 aromatic heterocycles. The van der Waals surface area contributed by atoms with E-state index in [1.807, 2.05) is 0 Å². The van der Waals surface area contributed by atoms with Gasteiger partial charge < -0.3 is 9.47 Å². The maximum atomic E-state index is 13.4. The first-order valence-corrected chi connectivity index (χ1v) is 5.26. The predicted octanol–water partition coefficient (Wildman–Crippen LogP) is 2.42. The molecule has 0 amide bonds. The smallest absolute Gasteiger partial charge is 0.170 e. The van der Waals surface area contributed by atoms with E-state index in [-0.39, 0.29) is 22.8 Å². The van der Waals surface area contributed by atoms with E-state index in [9.17, 15) is 9.18 Å². The lowest BCUT2D eigenvalue weighted by atomic mass is 10.1. The molecule has 0 bridgehead atoms. The molecule has 1 aliphatic heterocycles. The minimum atomic E-state index is -0.615. The molecule has 0 saturated carbocycles. The Morgan fingerprint density at radius 3 is 2.75 bits per heavy atom. The van der Waals surface area contributed by atoms with Crippen LogP contribution in [0, 0.1) is 5.82 Å². The van der Waals surface area contributed by atoms with Gasteiger partial charge in [0.1, 0.15) is 5.82 Å². The van der Waals surface area contributed by atoms with Gasteiger partial charge in [-0.15, -0.1) is 0 Å². The summed E-state index contributed by atoms with van der Waals surface area (Å²) in [6.45, 7) is 0.947. The fraction of sp³-hybridized carbons (Fsp3) is 0.364. The van der Waals surface area contributed by atoms with Crippen LogP contribution in [-0.4, -0.2) is 25.3 Å². The average Bonchev–Trinajstić information content (AvgIpc) is 2.70. The summed E-state index contributed by atoms with van der Waals surface area (Å²) >= 11 is 5.59. The molecule has 1 aromatic rings. The lowest BCUT2D eigenvalue weighted by Crippen LogP contribution is -2.15. The van der Waals surface area contributed by atoms with Crippen LogP contribution in [0.4, 0.5) is 4.39 Å². The molecule has 2 rings (SSSR count). The van der Waals surface area contributed by atoms with Gasteiger partial charge in [-0.2, -0.15) is 0 Å². The number of benzene rings is 1. The molecule has 0 N–H and O–H groups in total. The number of carbonyl (C=O) groups excluding carboxylic acids is 1. The van der Waals surface area contributed by atoms with Crippen LogP contribution >= 0.6 is 11.6 Å². The lowest BCUT2D eigenvalue weighted by Gasteiger charge is -2.08. The van der Waals surface area contributed by atoms with Gasteiger partial charge >= 0.3 is 0 Å². The molecule has 0 aliphatic carbocycles. The van der Waals surface area contributed by atoms with E-state index < -0.39 is 12.1 Å². The van der Waals surface area contributed by atoms with Crippen molar-refractivity contribution in [2.75, 3.05) is 13.2 Å². The molecule has 16 heavy (non-hydrogen) atoms. The second-order valence-electron chi connectivity index (χ2n) is 3.42. The minimum absolute atomic E-state index is 0.0171. The Bertz CT molecular complexity index is 402. The van der Waals surface area contributed by atoms with Gasteiger partial charge in [0.25, 0.3) is 0 Å². The SMILES string of the molecule is O=C(CC1OCCO1)c1ccc(Cl)cc1F.